The van der Waals surface area contributed by atoms with Gasteiger partial charge >= 0.3 is 0 Å². The Morgan fingerprint density at radius 2 is 1.81 bits per heavy atom. The number of halogens is 2. The Hall–Kier alpha value is -4.42. The van der Waals surface area contributed by atoms with Crippen molar-refractivity contribution in [1.82, 2.24) is 19.9 Å². The van der Waals surface area contributed by atoms with Crippen molar-refractivity contribution >= 4 is 55.2 Å². The van der Waals surface area contributed by atoms with Crippen LogP contribution in [-0.4, -0.2) is 54.2 Å². The number of benzene rings is 4. The summed E-state index contributed by atoms with van der Waals surface area (Å²) in [5.41, 5.74) is 4.04. The number of sulfone groups is 1. The molecule has 0 aliphatic rings. The predicted octanol–water partition coefficient (Wildman–Crippen LogP) is 8.21. The molecule has 0 bridgehead atoms. The number of nitrogens with one attached hydrogen (secondary N) is 1. The maximum Gasteiger partial charge on any atom is 0.179 e. The van der Waals surface area contributed by atoms with Crippen LogP contribution in [0.2, 0.25) is 5.02 Å². The van der Waals surface area contributed by atoms with E-state index in [1.807, 2.05) is 47.7 Å². The van der Waals surface area contributed by atoms with Crippen molar-refractivity contribution in [2.75, 3.05) is 31.2 Å². The molecule has 246 valence electrons. The minimum absolute atomic E-state index is 0.0855. The quantitative estimate of drug-likeness (QED) is 0.121. The number of rotatable bonds is 14. The van der Waals surface area contributed by atoms with Gasteiger partial charge in [0, 0.05) is 35.0 Å². The summed E-state index contributed by atoms with van der Waals surface area (Å²) in [6.07, 6.45) is 3.18. The largest absolute Gasteiger partial charge is 0.487 e. The second-order valence-electron chi connectivity index (χ2n) is 11.3. The lowest BCUT2D eigenvalue weighted by atomic mass is 10.1. The Kier molecular flexibility index (Phi) is 10.6. The lowest BCUT2D eigenvalue weighted by molar-refractivity contribution is 0.306. The number of aryl methyl sites for hydroxylation is 1. The molecule has 0 unspecified atom stereocenters. The van der Waals surface area contributed by atoms with Crippen LogP contribution in [0.15, 0.2) is 108 Å². The first-order chi connectivity index (χ1) is 23.2. The van der Waals surface area contributed by atoms with Crippen LogP contribution in [0.1, 0.15) is 17.0 Å². The van der Waals surface area contributed by atoms with E-state index >= 15 is 0 Å². The number of ether oxygens (including phenoxy) is 1. The summed E-state index contributed by atoms with van der Waals surface area (Å²) in [7, 11) is -1.35. The van der Waals surface area contributed by atoms with Crippen molar-refractivity contribution in [3.05, 3.63) is 124 Å². The maximum atomic E-state index is 13.5. The molecule has 0 saturated carbocycles. The fourth-order valence-electron chi connectivity index (χ4n) is 5.13. The fraction of sp³-hybridized carbons (Fsp3) is 0.194. The molecule has 8 nitrogen and oxygen atoms in total. The average Bonchev–Trinajstić information content (AvgIpc) is 3.56. The van der Waals surface area contributed by atoms with Crippen molar-refractivity contribution in [2.45, 2.75) is 24.3 Å². The zero-order valence-corrected chi connectivity index (χ0v) is 28.5. The van der Waals surface area contributed by atoms with Crippen molar-refractivity contribution in [3.63, 3.8) is 0 Å². The van der Waals surface area contributed by atoms with Crippen LogP contribution in [0.5, 0.6) is 5.75 Å². The summed E-state index contributed by atoms with van der Waals surface area (Å²) in [5, 5.41) is 7.66. The Morgan fingerprint density at radius 3 is 2.62 bits per heavy atom. The first kappa shape index (κ1) is 33.5. The standard InChI is InChI=1S/C36H33ClFN5O3S2/c1-43(17-18-48(44,45)29-9-3-2-4-10-29)16-6-11-35-42-33(23-47-35)26-12-14-32-30(20-26)36(40-24-39-32)41-28-13-15-34(31(37)21-28)46-22-25-7-5-8-27(38)19-25/h2-5,7-10,12-15,19-21,23-24H,6,11,16-18,22H2,1H3,(H,39,40,41). The molecule has 0 amide bonds. The molecule has 1 N–H and O–H groups in total. The molecule has 0 atom stereocenters. The lowest BCUT2D eigenvalue weighted by Gasteiger charge is -2.16. The van der Waals surface area contributed by atoms with E-state index in [-0.39, 0.29) is 18.2 Å². The SMILES string of the molecule is CN(CCCc1nc(-c2ccc3ncnc(Nc4ccc(OCc5cccc(F)c5)c(Cl)c4)c3c2)cs1)CCS(=O)(=O)c1ccccc1. The summed E-state index contributed by atoms with van der Waals surface area (Å²) >= 11 is 8.14. The van der Waals surface area contributed by atoms with E-state index in [1.165, 1.54) is 18.5 Å². The van der Waals surface area contributed by atoms with E-state index in [0.717, 1.165) is 52.2 Å². The Bertz CT molecular complexity index is 2130. The van der Waals surface area contributed by atoms with Gasteiger partial charge in [-0.3, -0.25) is 0 Å². The third-order valence-corrected chi connectivity index (χ3v) is 10.6. The number of hydrogen-bond donors (Lipinski definition) is 1. The molecule has 0 aliphatic heterocycles. The van der Waals surface area contributed by atoms with Gasteiger partial charge in [-0.15, -0.1) is 11.3 Å². The molecular weight excluding hydrogens is 669 g/mol. The smallest absolute Gasteiger partial charge is 0.179 e. The van der Waals surface area contributed by atoms with E-state index in [4.69, 9.17) is 21.3 Å². The number of anilines is 2. The minimum atomic E-state index is -3.30. The van der Waals surface area contributed by atoms with Crippen LogP contribution in [-0.2, 0) is 22.9 Å². The second-order valence-corrected chi connectivity index (χ2v) is 14.8. The molecule has 12 heteroatoms. The predicted molar refractivity (Wildman–Crippen MR) is 190 cm³/mol. The number of hydrogen-bond acceptors (Lipinski definition) is 9. The van der Waals surface area contributed by atoms with Gasteiger partial charge in [0.15, 0.2) is 9.84 Å². The van der Waals surface area contributed by atoms with E-state index < -0.39 is 9.84 Å². The Morgan fingerprint density at radius 1 is 0.958 bits per heavy atom. The van der Waals surface area contributed by atoms with E-state index in [1.54, 1.807) is 59.9 Å². The van der Waals surface area contributed by atoms with Gasteiger partial charge in [0.25, 0.3) is 0 Å². The summed E-state index contributed by atoms with van der Waals surface area (Å²) in [5.74, 6) is 0.883. The van der Waals surface area contributed by atoms with Crippen LogP contribution < -0.4 is 10.1 Å². The molecule has 0 saturated heterocycles. The third kappa shape index (κ3) is 8.53. The van der Waals surface area contributed by atoms with Gasteiger partial charge in [-0.05, 0) is 80.2 Å². The molecule has 0 fully saturated rings. The molecular formula is C36H33ClFN5O3S2. The molecule has 48 heavy (non-hydrogen) atoms. The van der Waals surface area contributed by atoms with E-state index in [0.29, 0.717) is 33.6 Å². The number of aromatic nitrogens is 3. The monoisotopic (exact) mass is 701 g/mol. The number of nitrogens with zero attached hydrogens (tertiary/aromatic N) is 4. The second kappa shape index (κ2) is 15.2. The molecule has 4 aromatic carbocycles. The molecule has 6 aromatic rings. The zero-order valence-electron chi connectivity index (χ0n) is 26.1. The third-order valence-electron chi connectivity index (χ3n) is 7.74. The number of fused-ring (bicyclic) bond motifs is 1. The van der Waals surface area contributed by atoms with E-state index in [2.05, 4.69) is 15.3 Å². The van der Waals surface area contributed by atoms with E-state index in [9.17, 15) is 12.8 Å². The molecule has 0 aliphatic carbocycles. The highest BCUT2D eigenvalue weighted by Crippen LogP contribution is 2.33. The van der Waals surface area contributed by atoms with Gasteiger partial charge in [-0.1, -0.05) is 48.0 Å². The van der Waals surface area contributed by atoms with Crippen LogP contribution in [0.3, 0.4) is 0 Å². The molecule has 0 radical (unpaired) electrons. The summed E-state index contributed by atoms with van der Waals surface area (Å²) in [6, 6.07) is 26.2. The van der Waals surface area contributed by atoms with Gasteiger partial charge < -0.3 is 15.0 Å². The number of thiazole rings is 1. The topological polar surface area (TPSA) is 97.3 Å². The van der Waals surface area contributed by atoms with Gasteiger partial charge in [0.2, 0.25) is 0 Å². The lowest BCUT2D eigenvalue weighted by Crippen LogP contribution is -2.27. The normalized spacial score (nSPS) is 11.7. The summed E-state index contributed by atoms with van der Waals surface area (Å²) < 4.78 is 44.5. The zero-order chi connectivity index (χ0) is 33.5. The Labute approximate surface area is 288 Å². The van der Waals surface area contributed by atoms with Crippen molar-refractivity contribution in [3.8, 4) is 17.0 Å². The molecule has 2 aromatic heterocycles. The van der Waals surface area contributed by atoms with Crippen molar-refractivity contribution < 1.29 is 17.5 Å². The van der Waals surface area contributed by atoms with Crippen LogP contribution in [0.4, 0.5) is 15.9 Å². The molecule has 6 rings (SSSR count). The summed E-state index contributed by atoms with van der Waals surface area (Å²) in [6.45, 7) is 1.43. The highest BCUT2D eigenvalue weighted by molar-refractivity contribution is 7.91. The van der Waals surface area contributed by atoms with Crippen molar-refractivity contribution in [2.24, 2.45) is 0 Å². The van der Waals surface area contributed by atoms with Gasteiger partial charge in [-0.25, -0.2) is 27.8 Å². The van der Waals surface area contributed by atoms with Crippen molar-refractivity contribution in [1.29, 1.82) is 0 Å². The highest BCUT2D eigenvalue weighted by atomic mass is 35.5. The van der Waals surface area contributed by atoms with Crippen LogP contribution in [0, 0.1) is 5.82 Å². The maximum absolute atomic E-state index is 13.5. The fourth-order valence-corrected chi connectivity index (χ4v) is 7.57. The van der Waals surface area contributed by atoms with Crippen LogP contribution in [0.25, 0.3) is 22.2 Å². The van der Waals surface area contributed by atoms with Gasteiger partial charge in [-0.2, -0.15) is 0 Å². The average molecular weight is 702 g/mol. The summed E-state index contributed by atoms with van der Waals surface area (Å²) in [4.78, 5) is 16.2. The molecule has 0 spiro atoms. The first-order valence-corrected chi connectivity index (χ1v) is 18.2. The van der Waals surface area contributed by atoms with Gasteiger partial charge in [0.1, 0.15) is 30.3 Å². The van der Waals surface area contributed by atoms with Crippen LogP contribution >= 0.6 is 22.9 Å². The minimum Gasteiger partial charge on any atom is -0.487 e. The van der Waals surface area contributed by atoms with Gasteiger partial charge in [0.05, 0.1) is 31.9 Å². The first-order valence-electron chi connectivity index (χ1n) is 15.3. The Balaban J connectivity index is 1.06. The molecule has 2 heterocycles. The highest BCUT2D eigenvalue weighted by Gasteiger charge is 2.15.